The van der Waals surface area contributed by atoms with Crippen LogP contribution in [0.3, 0.4) is 0 Å². The van der Waals surface area contributed by atoms with Crippen LogP contribution in [0, 0.1) is 6.92 Å². The molecule has 0 saturated carbocycles. The lowest BCUT2D eigenvalue weighted by Crippen LogP contribution is -2.60. The first-order chi connectivity index (χ1) is 17.0. The third-order valence-electron chi connectivity index (χ3n) is 7.34. The number of aryl methyl sites for hydroxylation is 1. The van der Waals surface area contributed by atoms with Gasteiger partial charge >= 0.3 is 0 Å². The highest BCUT2D eigenvalue weighted by atomic mass is 16.5. The molecule has 180 valence electrons. The summed E-state index contributed by atoms with van der Waals surface area (Å²) in [6.45, 7) is 5.68. The molecule has 0 N–H and O–H groups in total. The Kier molecular flexibility index (Phi) is 6.17. The smallest absolute Gasteiger partial charge is 0.196 e. The normalized spacial score (nSPS) is 17.9. The highest BCUT2D eigenvalue weighted by Crippen LogP contribution is 2.45. The van der Waals surface area contributed by atoms with Crippen LogP contribution in [0.25, 0.3) is 0 Å². The Balaban J connectivity index is 1.53. The second-order valence-electron chi connectivity index (χ2n) is 9.21. The van der Waals surface area contributed by atoms with E-state index >= 15 is 0 Å². The van der Waals surface area contributed by atoms with E-state index in [4.69, 9.17) is 9.47 Å². The number of rotatable bonds is 6. The van der Waals surface area contributed by atoms with Crippen LogP contribution < -0.4 is 9.47 Å². The number of fused-ring (bicyclic) bond motifs is 1. The van der Waals surface area contributed by atoms with Gasteiger partial charge in [0.15, 0.2) is 17.1 Å². The summed E-state index contributed by atoms with van der Waals surface area (Å²) < 4.78 is 11.0. The summed E-state index contributed by atoms with van der Waals surface area (Å²) >= 11 is 0. The average molecular weight is 471 g/mol. The SMILES string of the molecule is COc1cc(OC)cc(C2(N3CCN(Cc4ccccc4C)CC3)C(=O)c3ccccc3C2=O)c1. The van der Waals surface area contributed by atoms with Crippen molar-refractivity contribution in [1.82, 2.24) is 9.80 Å². The Bertz CT molecular complexity index is 1220. The van der Waals surface area contributed by atoms with Gasteiger partial charge in [-0.2, -0.15) is 0 Å². The number of hydrogen-bond donors (Lipinski definition) is 0. The molecule has 0 bridgehead atoms. The summed E-state index contributed by atoms with van der Waals surface area (Å²) in [5.41, 5.74) is 2.68. The highest BCUT2D eigenvalue weighted by molar-refractivity contribution is 6.32. The Morgan fingerprint density at radius 2 is 1.31 bits per heavy atom. The van der Waals surface area contributed by atoms with Crippen molar-refractivity contribution >= 4 is 11.6 Å². The molecule has 0 radical (unpaired) electrons. The van der Waals surface area contributed by atoms with E-state index in [2.05, 4.69) is 41.0 Å². The molecule has 6 heteroatoms. The van der Waals surface area contributed by atoms with Gasteiger partial charge in [-0.1, -0.05) is 48.5 Å². The van der Waals surface area contributed by atoms with E-state index in [9.17, 15) is 9.59 Å². The van der Waals surface area contributed by atoms with Crippen molar-refractivity contribution in [3.8, 4) is 11.5 Å². The van der Waals surface area contributed by atoms with E-state index in [0.717, 1.165) is 19.6 Å². The lowest BCUT2D eigenvalue weighted by Gasteiger charge is -2.44. The van der Waals surface area contributed by atoms with Crippen LogP contribution in [0.5, 0.6) is 11.5 Å². The molecule has 0 atom stereocenters. The fraction of sp³-hybridized carbons (Fsp3) is 0.310. The van der Waals surface area contributed by atoms with E-state index < -0.39 is 5.54 Å². The summed E-state index contributed by atoms with van der Waals surface area (Å²) in [7, 11) is 3.14. The largest absolute Gasteiger partial charge is 0.497 e. The maximum Gasteiger partial charge on any atom is 0.196 e. The van der Waals surface area contributed by atoms with E-state index in [0.29, 0.717) is 41.3 Å². The maximum atomic E-state index is 14.1. The molecule has 1 aliphatic carbocycles. The molecule has 0 aromatic heterocycles. The number of ketones is 2. The van der Waals surface area contributed by atoms with Gasteiger partial charge in [-0.3, -0.25) is 19.4 Å². The first kappa shape index (κ1) is 23.3. The van der Waals surface area contributed by atoms with Crippen LogP contribution in [0.4, 0.5) is 0 Å². The maximum absolute atomic E-state index is 14.1. The lowest BCUT2D eigenvalue weighted by atomic mass is 9.82. The zero-order chi connectivity index (χ0) is 24.6. The lowest BCUT2D eigenvalue weighted by molar-refractivity contribution is 0.0278. The number of hydrogen-bond acceptors (Lipinski definition) is 6. The molecule has 35 heavy (non-hydrogen) atoms. The fourth-order valence-electron chi connectivity index (χ4n) is 5.39. The number of ether oxygens (including phenoxy) is 2. The van der Waals surface area contributed by atoms with Crippen LogP contribution >= 0.6 is 0 Å². The molecular formula is C29H30N2O4. The molecule has 1 heterocycles. The second-order valence-corrected chi connectivity index (χ2v) is 9.21. The van der Waals surface area contributed by atoms with Crippen molar-refractivity contribution in [2.24, 2.45) is 0 Å². The monoisotopic (exact) mass is 470 g/mol. The molecule has 3 aromatic carbocycles. The summed E-state index contributed by atoms with van der Waals surface area (Å²) in [6.07, 6.45) is 0. The second kappa shape index (κ2) is 9.29. The minimum absolute atomic E-state index is 0.180. The van der Waals surface area contributed by atoms with Gasteiger partial charge in [-0.05, 0) is 35.7 Å². The number of methoxy groups -OCH3 is 2. The van der Waals surface area contributed by atoms with Gasteiger partial charge in [0.2, 0.25) is 0 Å². The molecule has 2 aliphatic rings. The summed E-state index contributed by atoms with van der Waals surface area (Å²) in [5, 5.41) is 0. The fourth-order valence-corrected chi connectivity index (χ4v) is 5.39. The number of Topliss-reactive ketones (excluding diaryl/α,β-unsaturated/α-hetero) is 2. The molecule has 0 amide bonds. The molecule has 1 fully saturated rings. The average Bonchev–Trinajstić information content (AvgIpc) is 3.13. The van der Waals surface area contributed by atoms with Gasteiger partial charge in [0, 0.05) is 49.9 Å². The van der Waals surface area contributed by atoms with Crippen LogP contribution in [-0.4, -0.2) is 61.8 Å². The van der Waals surface area contributed by atoms with Gasteiger partial charge in [-0.25, -0.2) is 0 Å². The van der Waals surface area contributed by atoms with Crippen molar-refractivity contribution < 1.29 is 19.1 Å². The van der Waals surface area contributed by atoms with Crippen molar-refractivity contribution in [2.45, 2.75) is 19.0 Å². The number of piperazine rings is 1. The topological polar surface area (TPSA) is 59.1 Å². The first-order valence-electron chi connectivity index (χ1n) is 11.9. The minimum Gasteiger partial charge on any atom is -0.497 e. The molecule has 5 rings (SSSR count). The molecule has 0 spiro atoms. The molecule has 6 nitrogen and oxygen atoms in total. The zero-order valence-corrected chi connectivity index (χ0v) is 20.4. The van der Waals surface area contributed by atoms with E-state index in [1.807, 2.05) is 12.1 Å². The van der Waals surface area contributed by atoms with E-state index in [1.54, 1.807) is 44.6 Å². The summed E-state index contributed by atoms with van der Waals surface area (Å²) in [6, 6.07) is 20.9. The molecule has 3 aromatic rings. The van der Waals surface area contributed by atoms with E-state index in [1.165, 1.54) is 11.1 Å². The van der Waals surface area contributed by atoms with Crippen LogP contribution in [0.15, 0.2) is 66.7 Å². The molecule has 1 aliphatic heterocycles. The third-order valence-corrected chi connectivity index (χ3v) is 7.34. The van der Waals surface area contributed by atoms with Crippen LogP contribution in [-0.2, 0) is 12.1 Å². The first-order valence-corrected chi connectivity index (χ1v) is 11.9. The number of carbonyl (C=O) groups excluding carboxylic acids is 2. The Hall–Kier alpha value is -3.48. The molecule has 1 saturated heterocycles. The van der Waals surface area contributed by atoms with Gasteiger partial charge in [0.05, 0.1) is 14.2 Å². The van der Waals surface area contributed by atoms with Crippen molar-refractivity contribution in [1.29, 1.82) is 0 Å². The van der Waals surface area contributed by atoms with Crippen molar-refractivity contribution in [2.75, 3.05) is 40.4 Å². The van der Waals surface area contributed by atoms with Crippen LogP contribution in [0.1, 0.15) is 37.4 Å². The van der Waals surface area contributed by atoms with E-state index in [-0.39, 0.29) is 11.6 Å². The van der Waals surface area contributed by atoms with Gasteiger partial charge in [-0.15, -0.1) is 0 Å². The Morgan fingerprint density at radius 1 is 0.771 bits per heavy atom. The minimum atomic E-state index is -1.43. The number of nitrogens with zero attached hydrogens (tertiary/aromatic N) is 2. The summed E-state index contributed by atoms with van der Waals surface area (Å²) in [5.74, 6) is 0.739. The Morgan fingerprint density at radius 3 is 1.86 bits per heavy atom. The predicted molar refractivity (Wildman–Crippen MR) is 134 cm³/mol. The number of carbonyl (C=O) groups is 2. The van der Waals surface area contributed by atoms with Crippen molar-refractivity contribution in [3.63, 3.8) is 0 Å². The van der Waals surface area contributed by atoms with Gasteiger partial charge in [0.1, 0.15) is 11.5 Å². The molecular weight excluding hydrogens is 440 g/mol. The van der Waals surface area contributed by atoms with Crippen molar-refractivity contribution in [3.05, 3.63) is 94.5 Å². The molecule has 0 unspecified atom stereocenters. The van der Waals surface area contributed by atoms with Crippen LogP contribution in [0.2, 0.25) is 0 Å². The summed E-state index contributed by atoms with van der Waals surface area (Å²) in [4.78, 5) is 32.6. The standard InChI is InChI=1S/C29H30N2O4/c1-20-8-4-5-9-21(20)19-30-12-14-31(15-13-30)29(22-16-23(34-2)18-24(17-22)35-3)27(32)25-10-6-7-11-26(25)28(29)33/h4-11,16-18H,12-15,19H2,1-3H3. The van der Waals surface area contributed by atoms with Gasteiger partial charge in [0.25, 0.3) is 0 Å². The quantitative estimate of drug-likeness (QED) is 0.506. The third kappa shape index (κ3) is 3.83. The Labute approximate surface area is 206 Å². The zero-order valence-electron chi connectivity index (χ0n) is 20.4. The van der Waals surface area contributed by atoms with Gasteiger partial charge < -0.3 is 9.47 Å². The highest BCUT2D eigenvalue weighted by Gasteiger charge is 2.58. The number of benzene rings is 3. The predicted octanol–water partition coefficient (Wildman–Crippen LogP) is 4.10.